The Balaban J connectivity index is 2.42. The van der Waals surface area contributed by atoms with E-state index >= 15 is 0 Å². The third-order valence-electron chi connectivity index (χ3n) is 6.00. The first-order valence-electron chi connectivity index (χ1n) is 9.41. The van der Waals surface area contributed by atoms with Gasteiger partial charge in [-0.3, -0.25) is 0 Å². The summed E-state index contributed by atoms with van der Waals surface area (Å²) in [6.45, 7) is 8.90. The molecule has 1 amide bonds. The van der Waals surface area contributed by atoms with Crippen LogP contribution in [0.1, 0.15) is 53.0 Å². The van der Waals surface area contributed by atoms with E-state index in [9.17, 15) is 31.5 Å². The minimum absolute atomic E-state index is 0.184. The molecule has 0 aromatic heterocycles. The molecule has 5 nitrogen and oxygen atoms in total. The van der Waals surface area contributed by atoms with Gasteiger partial charge >= 0.3 is 12.3 Å². The molecule has 29 heavy (non-hydrogen) atoms. The average molecular weight is 436 g/mol. The van der Waals surface area contributed by atoms with Crippen LogP contribution in [0.15, 0.2) is 29.2 Å². The molecule has 2 atom stereocenters. The van der Waals surface area contributed by atoms with E-state index in [0.29, 0.717) is 18.9 Å². The molecule has 1 aliphatic heterocycles. The Kier molecular flexibility index (Phi) is 6.07. The van der Waals surface area contributed by atoms with Crippen molar-refractivity contribution in [2.75, 3.05) is 6.54 Å². The van der Waals surface area contributed by atoms with Crippen molar-refractivity contribution in [1.82, 2.24) is 4.90 Å². The van der Waals surface area contributed by atoms with E-state index in [1.807, 2.05) is 20.8 Å². The number of carbonyl (C=O) groups is 1. The van der Waals surface area contributed by atoms with Crippen LogP contribution in [0, 0.1) is 11.3 Å². The fourth-order valence-electron chi connectivity index (χ4n) is 4.01. The third kappa shape index (κ3) is 4.54. The van der Waals surface area contributed by atoms with Gasteiger partial charge in [0.1, 0.15) is 0 Å². The SMILES string of the molecule is CC(C)(C)C1CC(C(C)(C)S(=O)(=O)c2cccc(C(F)(F)F)c2)CCN1C(=O)O. The summed E-state index contributed by atoms with van der Waals surface area (Å²) in [7, 11) is -4.09. The molecule has 0 aliphatic carbocycles. The molecule has 0 spiro atoms. The normalized spacial score (nSPS) is 21.9. The van der Waals surface area contributed by atoms with Gasteiger partial charge in [0, 0.05) is 12.6 Å². The van der Waals surface area contributed by atoms with Gasteiger partial charge in [-0.2, -0.15) is 13.2 Å². The third-order valence-corrected chi connectivity index (χ3v) is 8.59. The molecule has 0 radical (unpaired) electrons. The van der Waals surface area contributed by atoms with E-state index in [1.165, 1.54) is 24.8 Å². The highest BCUT2D eigenvalue weighted by molar-refractivity contribution is 7.92. The number of halogens is 3. The van der Waals surface area contributed by atoms with Crippen LogP contribution in [0.25, 0.3) is 0 Å². The molecule has 1 saturated heterocycles. The standard InChI is InChI=1S/C20H28F3NO4S/c1-18(2,3)16-12-13(9-10-24(16)17(25)26)19(4,5)29(27,28)15-8-6-7-14(11-15)20(21,22)23/h6-8,11,13,16H,9-10,12H2,1-5H3,(H,25,26). The summed E-state index contributed by atoms with van der Waals surface area (Å²) in [5.74, 6) is -0.401. The van der Waals surface area contributed by atoms with Gasteiger partial charge in [0.15, 0.2) is 9.84 Å². The number of hydrogen-bond acceptors (Lipinski definition) is 3. The lowest BCUT2D eigenvalue weighted by molar-refractivity contribution is -0.137. The van der Waals surface area contributed by atoms with Gasteiger partial charge in [-0.15, -0.1) is 0 Å². The maximum Gasteiger partial charge on any atom is 0.416 e. The van der Waals surface area contributed by atoms with E-state index < -0.39 is 49.8 Å². The number of amides is 1. The predicted octanol–water partition coefficient (Wildman–Crippen LogP) is 5.06. The van der Waals surface area contributed by atoms with Gasteiger partial charge < -0.3 is 10.0 Å². The highest BCUT2D eigenvalue weighted by Crippen LogP contribution is 2.44. The average Bonchev–Trinajstić information content (AvgIpc) is 2.59. The highest BCUT2D eigenvalue weighted by atomic mass is 32.2. The van der Waals surface area contributed by atoms with E-state index in [1.54, 1.807) is 0 Å². The molecule has 1 aromatic rings. The molecular weight excluding hydrogens is 407 g/mol. The number of benzene rings is 1. The lowest BCUT2D eigenvalue weighted by Crippen LogP contribution is -2.55. The first-order valence-corrected chi connectivity index (χ1v) is 10.9. The van der Waals surface area contributed by atoms with Gasteiger partial charge in [0.2, 0.25) is 0 Å². The molecule has 1 heterocycles. The van der Waals surface area contributed by atoms with Crippen LogP contribution in [-0.4, -0.2) is 41.9 Å². The Hall–Kier alpha value is -1.77. The molecule has 1 N–H and O–H groups in total. The van der Waals surface area contributed by atoms with Crippen LogP contribution in [-0.2, 0) is 16.0 Å². The molecule has 1 aromatic carbocycles. The van der Waals surface area contributed by atoms with Crippen molar-refractivity contribution in [1.29, 1.82) is 0 Å². The van der Waals surface area contributed by atoms with Gasteiger partial charge in [-0.25, -0.2) is 13.2 Å². The van der Waals surface area contributed by atoms with Crippen molar-refractivity contribution >= 4 is 15.9 Å². The van der Waals surface area contributed by atoms with Crippen molar-refractivity contribution in [3.8, 4) is 0 Å². The summed E-state index contributed by atoms with van der Waals surface area (Å²) in [6, 6.07) is 3.39. The molecule has 9 heteroatoms. The topological polar surface area (TPSA) is 74.7 Å². The monoisotopic (exact) mass is 435 g/mol. The summed E-state index contributed by atoms with van der Waals surface area (Å²) in [6.07, 6.45) is -5.05. The van der Waals surface area contributed by atoms with Crippen molar-refractivity contribution < 1.29 is 31.5 Å². The van der Waals surface area contributed by atoms with Gasteiger partial charge in [-0.05, 0) is 56.2 Å². The summed E-state index contributed by atoms with van der Waals surface area (Å²) < 4.78 is 64.4. The van der Waals surface area contributed by atoms with Gasteiger partial charge in [0.05, 0.1) is 15.2 Å². The molecule has 2 rings (SSSR count). The lowest BCUT2D eigenvalue weighted by atomic mass is 9.73. The van der Waals surface area contributed by atoms with Crippen LogP contribution in [0.2, 0.25) is 0 Å². The molecule has 0 saturated carbocycles. The fourth-order valence-corrected chi connectivity index (χ4v) is 5.81. The maximum atomic E-state index is 13.3. The van der Waals surface area contributed by atoms with Crippen molar-refractivity contribution in [3.63, 3.8) is 0 Å². The Bertz CT molecular complexity index is 872. The summed E-state index contributed by atoms with van der Waals surface area (Å²) >= 11 is 0. The number of rotatable bonds is 3. The molecule has 164 valence electrons. The van der Waals surface area contributed by atoms with Crippen molar-refractivity contribution in [3.05, 3.63) is 29.8 Å². The summed E-state index contributed by atoms with van der Waals surface area (Å²) in [5.41, 5.74) is -1.42. The second-order valence-electron chi connectivity index (χ2n) is 9.21. The van der Waals surface area contributed by atoms with Gasteiger partial charge in [-0.1, -0.05) is 26.8 Å². The number of hydrogen-bond donors (Lipinski definition) is 1. The van der Waals surface area contributed by atoms with E-state index in [-0.39, 0.29) is 11.4 Å². The minimum Gasteiger partial charge on any atom is -0.465 e. The lowest BCUT2D eigenvalue weighted by Gasteiger charge is -2.48. The molecule has 1 aliphatic rings. The Morgan fingerprint density at radius 1 is 1.14 bits per heavy atom. The zero-order chi connectivity index (χ0) is 22.4. The number of sulfone groups is 1. The number of nitrogens with zero attached hydrogens (tertiary/aromatic N) is 1. The molecule has 0 bridgehead atoms. The zero-order valence-corrected chi connectivity index (χ0v) is 18.1. The second-order valence-corrected chi connectivity index (χ2v) is 11.7. The zero-order valence-electron chi connectivity index (χ0n) is 17.2. The highest BCUT2D eigenvalue weighted by Gasteiger charge is 2.49. The smallest absolute Gasteiger partial charge is 0.416 e. The van der Waals surface area contributed by atoms with Crippen molar-refractivity contribution in [2.24, 2.45) is 11.3 Å². The first-order chi connectivity index (χ1) is 13.0. The fraction of sp³-hybridized carbons (Fsp3) is 0.650. The molecular formula is C20H28F3NO4S. The van der Waals surface area contributed by atoms with E-state index in [4.69, 9.17) is 0 Å². The van der Waals surface area contributed by atoms with E-state index in [2.05, 4.69) is 0 Å². The van der Waals surface area contributed by atoms with Gasteiger partial charge in [0.25, 0.3) is 0 Å². The molecule has 2 unspecified atom stereocenters. The number of likely N-dealkylation sites (tertiary alicyclic amines) is 1. The predicted molar refractivity (Wildman–Crippen MR) is 103 cm³/mol. The summed E-state index contributed by atoms with van der Waals surface area (Å²) in [5, 5.41) is 9.51. The van der Waals surface area contributed by atoms with Crippen LogP contribution in [0.4, 0.5) is 18.0 Å². The second kappa shape index (κ2) is 7.49. The van der Waals surface area contributed by atoms with Crippen LogP contribution < -0.4 is 0 Å². The minimum atomic E-state index is -4.64. The number of carboxylic acid groups (broad SMARTS) is 1. The van der Waals surface area contributed by atoms with Crippen molar-refractivity contribution in [2.45, 2.75) is 69.3 Å². The summed E-state index contributed by atoms with van der Waals surface area (Å²) in [4.78, 5) is 12.6. The van der Waals surface area contributed by atoms with Crippen LogP contribution in [0.3, 0.4) is 0 Å². The van der Waals surface area contributed by atoms with E-state index in [0.717, 1.165) is 12.1 Å². The van der Waals surface area contributed by atoms with Crippen LogP contribution >= 0.6 is 0 Å². The Morgan fingerprint density at radius 3 is 2.21 bits per heavy atom. The Morgan fingerprint density at radius 2 is 1.72 bits per heavy atom. The number of alkyl halides is 3. The Labute approximate surface area is 169 Å². The maximum absolute atomic E-state index is 13.3. The first kappa shape index (κ1) is 23.5. The largest absolute Gasteiger partial charge is 0.465 e. The quantitative estimate of drug-likeness (QED) is 0.720. The van der Waals surface area contributed by atoms with Crippen LogP contribution in [0.5, 0.6) is 0 Å². The molecule has 1 fully saturated rings. The number of piperidine rings is 1.